The molecule has 1 aromatic carbocycles. The maximum atomic E-state index is 13.0. The molecule has 19 heavy (non-hydrogen) atoms. The number of rotatable bonds is 0. The first-order chi connectivity index (χ1) is 9.15. The molecule has 3 nitrogen and oxygen atoms in total. The number of fused-ring (bicyclic) bond motifs is 3. The van der Waals surface area contributed by atoms with Crippen molar-refractivity contribution in [2.45, 2.75) is 51.1 Å². The van der Waals surface area contributed by atoms with Gasteiger partial charge in [-0.3, -0.25) is 9.69 Å². The number of anilines is 2. The smallest absolute Gasteiger partial charge is 0.235 e. The van der Waals surface area contributed by atoms with Crippen LogP contribution in [0.3, 0.4) is 0 Å². The Kier molecular flexibility index (Phi) is 2.10. The predicted molar refractivity (Wildman–Crippen MR) is 76.1 cm³/mol. The summed E-state index contributed by atoms with van der Waals surface area (Å²) < 4.78 is 0. The molecule has 0 aromatic heterocycles. The van der Waals surface area contributed by atoms with Crippen molar-refractivity contribution < 1.29 is 4.79 Å². The highest BCUT2D eigenvalue weighted by molar-refractivity contribution is 6.07. The maximum Gasteiger partial charge on any atom is 0.235 e. The molecular weight excluding hydrogens is 236 g/mol. The first kappa shape index (κ1) is 11.3. The van der Waals surface area contributed by atoms with Crippen LogP contribution in [0.2, 0.25) is 0 Å². The molecule has 3 heteroatoms. The second-order valence-corrected chi connectivity index (χ2v) is 6.57. The van der Waals surface area contributed by atoms with Crippen molar-refractivity contribution >= 4 is 17.3 Å². The Morgan fingerprint density at radius 1 is 1.16 bits per heavy atom. The Morgan fingerprint density at radius 3 is 2.68 bits per heavy atom. The van der Waals surface area contributed by atoms with Crippen molar-refractivity contribution in [3.8, 4) is 0 Å². The summed E-state index contributed by atoms with van der Waals surface area (Å²) in [5.41, 5.74) is 1.87. The minimum atomic E-state index is -0.210. The molecule has 1 N–H and O–H groups in total. The molecule has 2 aliphatic heterocycles. The summed E-state index contributed by atoms with van der Waals surface area (Å²) in [6.07, 6.45) is 6.79. The molecule has 1 aromatic rings. The molecule has 1 saturated heterocycles. The zero-order chi connectivity index (χ0) is 13.1. The van der Waals surface area contributed by atoms with Crippen molar-refractivity contribution in [2.75, 3.05) is 10.2 Å². The predicted octanol–water partition coefficient (Wildman–Crippen LogP) is 3.52. The number of para-hydroxylation sites is 2. The number of hydrogen-bond donors (Lipinski definition) is 1. The van der Waals surface area contributed by atoms with Gasteiger partial charge >= 0.3 is 0 Å². The Bertz CT molecular complexity index is 547. The van der Waals surface area contributed by atoms with E-state index < -0.39 is 0 Å². The Labute approximate surface area is 114 Å². The number of nitrogens with one attached hydrogen (secondary N) is 1. The Balaban J connectivity index is 1.79. The lowest BCUT2D eigenvalue weighted by molar-refractivity contribution is -0.127. The van der Waals surface area contributed by atoms with Crippen molar-refractivity contribution in [3.63, 3.8) is 0 Å². The van der Waals surface area contributed by atoms with Gasteiger partial charge in [-0.25, -0.2) is 0 Å². The van der Waals surface area contributed by atoms with Crippen LogP contribution in [0.5, 0.6) is 0 Å². The van der Waals surface area contributed by atoms with Gasteiger partial charge in [0, 0.05) is 6.42 Å². The van der Waals surface area contributed by atoms with E-state index in [0.29, 0.717) is 5.91 Å². The number of carbonyl (C=O) groups excluding carboxylic acids is 1. The third-order valence-corrected chi connectivity index (χ3v) is 5.19. The largest absolute Gasteiger partial charge is 0.361 e. The third-order valence-electron chi connectivity index (χ3n) is 5.19. The van der Waals surface area contributed by atoms with E-state index in [9.17, 15) is 4.79 Å². The molecule has 1 saturated carbocycles. The zero-order valence-corrected chi connectivity index (χ0v) is 11.4. The molecule has 0 bridgehead atoms. The fourth-order valence-electron chi connectivity index (χ4n) is 4.43. The molecule has 4 rings (SSSR count). The van der Waals surface area contributed by atoms with Gasteiger partial charge in [0.05, 0.1) is 16.8 Å². The second kappa shape index (κ2) is 3.53. The molecule has 1 spiro atoms. The van der Waals surface area contributed by atoms with E-state index in [4.69, 9.17) is 0 Å². The fourth-order valence-corrected chi connectivity index (χ4v) is 4.43. The van der Waals surface area contributed by atoms with Gasteiger partial charge < -0.3 is 5.32 Å². The van der Waals surface area contributed by atoms with Crippen LogP contribution in [0.15, 0.2) is 24.3 Å². The van der Waals surface area contributed by atoms with Gasteiger partial charge in [-0.1, -0.05) is 31.4 Å². The van der Waals surface area contributed by atoms with Crippen LogP contribution < -0.4 is 10.2 Å². The summed E-state index contributed by atoms with van der Waals surface area (Å²) in [4.78, 5) is 15.1. The number of benzene rings is 1. The quantitative estimate of drug-likeness (QED) is 0.770. The van der Waals surface area contributed by atoms with Gasteiger partial charge in [-0.15, -0.1) is 0 Å². The minimum Gasteiger partial charge on any atom is -0.361 e. The number of amides is 1. The number of carbonyl (C=O) groups is 1. The van der Waals surface area contributed by atoms with E-state index in [2.05, 4.69) is 24.4 Å². The second-order valence-electron chi connectivity index (χ2n) is 6.57. The van der Waals surface area contributed by atoms with Gasteiger partial charge in [0.1, 0.15) is 5.66 Å². The van der Waals surface area contributed by atoms with E-state index in [-0.39, 0.29) is 11.1 Å². The molecule has 1 aliphatic carbocycles. The molecule has 2 heterocycles. The van der Waals surface area contributed by atoms with Crippen LogP contribution in [0.25, 0.3) is 0 Å². The fraction of sp³-hybridized carbons (Fsp3) is 0.562. The van der Waals surface area contributed by atoms with Gasteiger partial charge in [-0.05, 0) is 31.9 Å². The lowest BCUT2D eigenvalue weighted by atomic mass is 9.71. The van der Waals surface area contributed by atoms with E-state index >= 15 is 0 Å². The minimum absolute atomic E-state index is 0.0898. The summed E-state index contributed by atoms with van der Waals surface area (Å²) in [5, 5.41) is 3.58. The van der Waals surface area contributed by atoms with Gasteiger partial charge in [0.25, 0.3) is 0 Å². The van der Waals surface area contributed by atoms with Crippen LogP contribution in [-0.2, 0) is 4.79 Å². The van der Waals surface area contributed by atoms with Crippen LogP contribution >= 0.6 is 0 Å². The highest BCUT2D eigenvalue weighted by atomic mass is 16.2. The van der Waals surface area contributed by atoms with Crippen LogP contribution in [0, 0.1) is 5.41 Å². The van der Waals surface area contributed by atoms with Gasteiger partial charge in [0.15, 0.2) is 0 Å². The highest BCUT2D eigenvalue weighted by Gasteiger charge is 2.60. The van der Waals surface area contributed by atoms with E-state index in [1.807, 2.05) is 17.0 Å². The SMILES string of the molecule is CC12CC3(CCCCC3)C(=O)N1c1ccccc1N2. The molecule has 1 amide bonds. The van der Waals surface area contributed by atoms with Crippen LogP contribution in [-0.4, -0.2) is 11.6 Å². The van der Waals surface area contributed by atoms with E-state index in [1.54, 1.807) is 0 Å². The standard InChI is InChI=1S/C16H20N2O/c1-15-11-16(9-5-2-6-10-16)14(19)18(15)13-8-4-3-7-12(13)17-15/h3-4,7-8,17H,2,5-6,9-11H2,1H3. The van der Waals surface area contributed by atoms with Crippen molar-refractivity contribution in [1.29, 1.82) is 0 Å². The lowest BCUT2D eigenvalue weighted by Gasteiger charge is -2.32. The molecule has 1 unspecified atom stereocenters. The number of nitrogens with zero attached hydrogens (tertiary/aromatic N) is 1. The number of hydrogen-bond acceptors (Lipinski definition) is 2. The van der Waals surface area contributed by atoms with Crippen molar-refractivity contribution in [3.05, 3.63) is 24.3 Å². The summed E-state index contributed by atoms with van der Waals surface area (Å²) in [6.45, 7) is 2.17. The molecular formula is C16H20N2O. The molecule has 100 valence electrons. The zero-order valence-electron chi connectivity index (χ0n) is 11.4. The van der Waals surface area contributed by atoms with Gasteiger partial charge in [0.2, 0.25) is 5.91 Å². The maximum absolute atomic E-state index is 13.0. The normalized spacial score (nSPS) is 31.2. The van der Waals surface area contributed by atoms with Crippen molar-refractivity contribution in [2.24, 2.45) is 5.41 Å². The average molecular weight is 256 g/mol. The summed E-state index contributed by atoms with van der Waals surface area (Å²) in [7, 11) is 0. The summed E-state index contributed by atoms with van der Waals surface area (Å²) in [5.74, 6) is 0.354. The van der Waals surface area contributed by atoms with Crippen molar-refractivity contribution in [1.82, 2.24) is 0 Å². The Morgan fingerprint density at radius 2 is 1.89 bits per heavy atom. The van der Waals surface area contributed by atoms with Gasteiger partial charge in [-0.2, -0.15) is 0 Å². The summed E-state index contributed by atoms with van der Waals surface area (Å²) >= 11 is 0. The van der Waals surface area contributed by atoms with E-state index in [1.165, 1.54) is 19.3 Å². The highest BCUT2D eigenvalue weighted by Crippen LogP contribution is 2.56. The van der Waals surface area contributed by atoms with E-state index in [0.717, 1.165) is 30.6 Å². The molecule has 2 fully saturated rings. The topological polar surface area (TPSA) is 32.3 Å². The monoisotopic (exact) mass is 256 g/mol. The van der Waals surface area contributed by atoms with Crippen LogP contribution in [0.4, 0.5) is 11.4 Å². The molecule has 1 atom stereocenters. The summed E-state index contributed by atoms with van der Waals surface area (Å²) in [6, 6.07) is 8.18. The molecule has 0 radical (unpaired) electrons. The Hall–Kier alpha value is -1.51. The third kappa shape index (κ3) is 1.36. The first-order valence-electron chi connectivity index (χ1n) is 7.37. The average Bonchev–Trinajstić information content (AvgIpc) is 2.79. The first-order valence-corrected chi connectivity index (χ1v) is 7.37. The van der Waals surface area contributed by atoms with Crippen LogP contribution in [0.1, 0.15) is 45.4 Å². The molecule has 3 aliphatic rings. The lowest BCUT2D eigenvalue weighted by Crippen LogP contribution is -2.44.